The van der Waals surface area contributed by atoms with Gasteiger partial charge in [0.15, 0.2) is 0 Å². The minimum atomic E-state index is -0.475. The lowest BCUT2D eigenvalue weighted by Crippen LogP contribution is -2.30. The molecule has 0 unspecified atom stereocenters. The van der Waals surface area contributed by atoms with Gasteiger partial charge in [-0.3, -0.25) is 9.59 Å². The van der Waals surface area contributed by atoms with Crippen molar-refractivity contribution in [3.63, 3.8) is 0 Å². The first kappa shape index (κ1) is 17.8. The molecule has 1 aromatic carbocycles. The number of hydrogen-bond donors (Lipinski definition) is 1. The standard InChI is InChI=1S/C19H23ClN2O3/c1-19(2,3)25-17(23)8-12-6-7-22(11-12)18(24)16-10-13-9-14(20)4-5-15(13)21-16/h4-5,9-10,12,21H,6-8,11H2,1-3H3/t12-/m0/s1. The number of nitrogens with one attached hydrogen (secondary N) is 1. The van der Waals surface area contributed by atoms with E-state index in [4.69, 9.17) is 16.3 Å². The smallest absolute Gasteiger partial charge is 0.306 e. The van der Waals surface area contributed by atoms with Gasteiger partial charge in [0.25, 0.3) is 5.91 Å². The fraction of sp³-hybridized carbons (Fsp3) is 0.474. The summed E-state index contributed by atoms with van der Waals surface area (Å²) in [6.45, 7) is 6.81. The van der Waals surface area contributed by atoms with Crippen LogP contribution in [0.4, 0.5) is 0 Å². The van der Waals surface area contributed by atoms with Gasteiger partial charge in [0, 0.05) is 29.0 Å². The molecule has 5 nitrogen and oxygen atoms in total. The molecular weight excluding hydrogens is 340 g/mol. The van der Waals surface area contributed by atoms with E-state index in [2.05, 4.69) is 4.98 Å². The fourth-order valence-corrected chi connectivity index (χ4v) is 3.37. The maximum atomic E-state index is 12.7. The molecule has 1 aliphatic heterocycles. The van der Waals surface area contributed by atoms with Crippen molar-refractivity contribution in [2.75, 3.05) is 13.1 Å². The monoisotopic (exact) mass is 362 g/mol. The maximum Gasteiger partial charge on any atom is 0.306 e. The lowest BCUT2D eigenvalue weighted by molar-refractivity contribution is -0.155. The minimum absolute atomic E-state index is 0.0426. The van der Waals surface area contributed by atoms with E-state index in [0.717, 1.165) is 17.3 Å². The Labute approximate surface area is 152 Å². The molecule has 1 N–H and O–H groups in total. The van der Waals surface area contributed by atoms with E-state index in [-0.39, 0.29) is 17.8 Å². The Hall–Kier alpha value is -2.01. The predicted octanol–water partition coefficient (Wildman–Crippen LogP) is 4.02. The van der Waals surface area contributed by atoms with Gasteiger partial charge in [-0.05, 0) is 57.4 Å². The second-order valence-electron chi connectivity index (χ2n) is 7.61. The molecule has 1 amide bonds. The van der Waals surface area contributed by atoms with Crippen molar-refractivity contribution in [1.29, 1.82) is 0 Å². The van der Waals surface area contributed by atoms with Gasteiger partial charge in [0.1, 0.15) is 11.3 Å². The van der Waals surface area contributed by atoms with Crippen molar-refractivity contribution >= 4 is 34.4 Å². The molecule has 6 heteroatoms. The number of aromatic amines is 1. The van der Waals surface area contributed by atoms with Crippen LogP contribution in [0.3, 0.4) is 0 Å². The molecule has 2 heterocycles. The number of carbonyl (C=O) groups is 2. The average molecular weight is 363 g/mol. The topological polar surface area (TPSA) is 62.4 Å². The second-order valence-corrected chi connectivity index (χ2v) is 8.05. The zero-order valence-electron chi connectivity index (χ0n) is 14.8. The van der Waals surface area contributed by atoms with Crippen molar-refractivity contribution in [2.24, 2.45) is 5.92 Å². The molecule has 1 aromatic heterocycles. The van der Waals surface area contributed by atoms with Crippen molar-refractivity contribution in [2.45, 2.75) is 39.2 Å². The van der Waals surface area contributed by atoms with Gasteiger partial charge in [-0.1, -0.05) is 11.6 Å². The summed E-state index contributed by atoms with van der Waals surface area (Å²) in [5.74, 6) is -0.0938. The molecule has 3 rings (SSSR count). The number of halogens is 1. The van der Waals surface area contributed by atoms with Crippen LogP contribution >= 0.6 is 11.6 Å². The van der Waals surface area contributed by atoms with Gasteiger partial charge in [-0.15, -0.1) is 0 Å². The third kappa shape index (κ3) is 4.34. The van der Waals surface area contributed by atoms with Gasteiger partial charge < -0.3 is 14.6 Å². The average Bonchev–Trinajstić information content (AvgIpc) is 3.10. The molecule has 1 fully saturated rings. The molecule has 1 aliphatic rings. The Morgan fingerprint density at radius 2 is 2.08 bits per heavy atom. The quantitative estimate of drug-likeness (QED) is 0.839. The zero-order chi connectivity index (χ0) is 18.2. The van der Waals surface area contributed by atoms with E-state index in [0.29, 0.717) is 30.2 Å². The van der Waals surface area contributed by atoms with Gasteiger partial charge in [-0.2, -0.15) is 0 Å². The largest absolute Gasteiger partial charge is 0.460 e. The zero-order valence-corrected chi connectivity index (χ0v) is 15.5. The van der Waals surface area contributed by atoms with Gasteiger partial charge in [0.05, 0.1) is 6.42 Å². The molecule has 0 bridgehead atoms. The molecule has 0 spiro atoms. The summed E-state index contributed by atoms with van der Waals surface area (Å²) in [4.78, 5) is 29.6. The third-order valence-electron chi connectivity index (χ3n) is 4.26. The predicted molar refractivity (Wildman–Crippen MR) is 97.8 cm³/mol. The van der Waals surface area contributed by atoms with E-state index < -0.39 is 5.60 Å². The second kappa shape index (κ2) is 6.71. The van der Waals surface area contributed by atoms with Crippen molar-refractivity contribution < 1.29 is 14.3 Å². The van der Waals surface area contributed by atoms with Crippen LogP contribution in [0.25, 0.3) is 10.9 Å². The molecule has 25 heavy (non-hydrogen) atoms. The van der Waals surface area contributed by atoms with Crippen LogP contribution in [0.1, 0.15) is 44.1 Å². The van der Waals surface area contributed by atoms with Crippen LogP contribution in [-0.4, -0.2) is 40.5 Å². The number of amides is 1. The van der Waals surface area contributed by atoms with Crippen molar-refractivity contribution in [3.05, 3.63) is 35.0 Å². The van der Waals surface area contributed by atoms with Crippen LogP contribution in [0.5, 0.6) is 0 Å². The van der Waals surface area contributed by atoms with Gasteiger partial charge in [0.2, 0.25) is 0 Å². The Bertz CT molecular complexity index is 807. The van der Waals surface area contributed by atoms with E-state index in [1.807, 2.05) is 39.0 Å². The van der Waals surface area contributed by atoms with E-state index in [1.54, 1.807) is 11.0 Å². The number of benzene rings is 1. The highest BCUT2D eigenvalue weighted by molar-refractivity contribution is 6.31. The summed E-state index contributed by atoms with van der Waals surface area (Å²) in [6.07, 6.45) is 1.17. The number of carbonyl (C=O) groups excluding carboxylic acids is 2. The molecule has 0 aliphatic carbocycles. The number of rotatable bonds is 3. The number of nitrogens with zero attached hydrogens (tertiary/aromatic N) is 1. The molecule has 0 saturated carbocycles. The number of aromatic nitrogens is 1. The van der Waals surface area contributed by atoms with Crippen LogP contribution in [0.15, 0.2) is 24.3 Å². The number of ether oxygens (including phenoxy) is 1. The Balaban J connectivity index is 1.62. The van der Waals surface area contributed by atoms with Crippen molar-refractivity contribution in [1.82, 2.24) is 9.88 Å². The summed E-state index contributed by atoms with van der Waals surface area (Å²) >= 11 is 5.99. The number of likely N-dealkylation sites (tertiary alicyclic amines) is 1. The van der Waals surface area contributed by atoms with Crippen LogP contribution in [0, 0.1) is 5.92 Å². The van der Waals surface area contributed by atoms with E-state index in [9.17, 15) is 9.59 Å². The number of H-pyrrole nitrogens is 1. The first-order chi connectivity index (χ1) is 11.7. The van der Waals surface area contributed by atoms with Gasteiger partial charge >= 0.3 is 5.97 Å². The maximum absolute atomic E-state index is 12.7. The normalized spacial score (nSPS) is 17.9. The minimum Gasteiger partial charge on any atom is -0.460 e. The fourth-order valence-electron chi connectivity index (χ4n) is 3.19. The summed E-state index contributed by atoms with van der Waals surface area (Å²) in [6, 6.07) is 7.31. The third-order valence-corrected chi connectivity index (χ3v) is 4.50. The molecule has 134 valence electrons. The van der Waals surface area contributed by atoms with Crippen molar-refractivity contribution in [3.8, 4) is 0 Å². The summed E-state index contributed by atoms with van der Waals surface area (Å²) in [7, 11) is 0. The lowest BCUT2D eigenvalue weighted by Gasteiger charge is -2.21. The Morgan fingerprint density at radius 3 is 2.80 bits per heavy atom. The lowest BCUT2D eigenvalue weighted by atomic mass is 10.1. The van der Waals surface area contributed by atoms with E-state index >= 15 is 0 Å². The molecule has 0 radical (unpaired) electrons. The first-order valence-corrected chi connectivity index (χ1v) is 8.88. The number of esters is 1. The summed E-state index contributed by atoms with van der Waals surface area (Å²) < 4.78 is 5.37. The number of hydrogen-bond acceptors (Lipinski definition) is 3. The van der Waals surface area contributed by atoms with E-state index in [1.165, 1.54) is 0 Å². The van der Waals surface area contributed by atoms with Crippen LogP contribution in [-0.2, 0) is 9.53 Å². The molecular formula is C19H23ClN2O3. The first-order valence-electron chi connectivity index (χ1n) is 8.51. The SMILES string of the molecule is CC(C)(C)OC(=O)C[C@@H]1CCN(C(=O)c2cc3cc(Cl)ccc3[nH]2)C1. The van der Waals surface area contributed by atoms with Crippen LogP contribution < -0.4 is 0 Å². The Kier molecular flexibility index (Phi) is 4.78. The molecule has 2 aromatic rings. The Morgan fingerprint density at radius 1 is 1.32 bits per heavy atom. The number of fused-ring (bicyclic) bond motifs is 1. The highest BCUT2D eigenvalue weighted by atomic mass is 35.5. The highest BCUT2D eigenvalue weighted by Crippen LogP contribution is 2.25. The molecule has 1 saturated heterocycles. The van der Waals surface area contributed by atoms with Crippen LogP contribution in [0.2, 0.25) is 5.02 Å². The highest BCUT2D eigenvalue weighted by Gasteiger charge is 2.30. The van der Waals surface area contributed by atoms with Gasteiger partial charge in [-0.25, -0.2) is 0 Å². The molecule has 1 atom stereocenters. The summed E-state index contributed by atoms with van der Waals surface area (Å²) in [5.41, 5.74) is 0.962. The summed E-state index contributed by atoms with van der Waals surface area (Å²) in [5, 5.41) is 1.56.